The number of unbranched alkanes of at least 4 members (excludes halogenated alkanes) is 20. The van der Waals surface area contributed by atoms with E-state index in [0.29, 0.717) is 32.1 Å². The lowest BCUT2D eigenvalue weighted by molar-refractivity contribution is -0.152. The van der Waals surface area contributed by atoms with E-state index in [2.05, 4.69) is 20.8 Å². The molecular formula is C48H86O8. The van der Waals surface area contributed by atoms with Crippen molar-refractivity contribution in [3.05, 3.63) is 24.3 Å². The molecule has 8 nitrogen and oxygen atoms in total. The Morgan fingerprint density at radius 2 is 1.16 bits per heavy atom. The van der Waals surface area contributed by atoms with Crippen molar-refractivity contribution in [1.29, 1.82) is 0 Å². The van der Waals surface area contributed by atoms with Crippen LogP contribution in [-0.2, 0) is 23.9 Å². The Bertz CT molecular complexity index is 1020. The van der Waals surface area contributed by atoms with Crippen LogP contribution in [0.5, 0.6) is 0 Å². The van der Waals surface area contributed by atoms with E-state index in [4.69, 9.17) is 9.47 Å². The first-order valence-corrected chi connectivity index (χ1v) is 23.4. The smallest absolute Gasteiger partial charge is 0.305 e. The summed E-state index contributed by atoms with van der Waals surface area (Å²) in [6, 6.07) is 0. The fourth-order valence-electron chi connectivity index (χ4n) is 7.57. The third-order valence-corrected chi connectivity index (χ3v) is 11.6. The molecule has 1 aliphatic rings. The van der Waals surface area contributed by atoms with Gasteiger partial charge in [0.05, 0.1) is 12.2 Å². The summed E-state index contributed by atoms with van der Waals surface area (Å²) in [4.78, 5) is 36.6. The SMILES string of the molecule is CCCCC[C@H](O)/C=C/[C@H]1C(=O)C[C@H](O)[C@@H]1C/C=C\CCCC(=O)OC[C@@H](O)COC(=O)CCCCCCCCCCCCCCCCCCCCC(C)CC. The Kier molecular flexibility index (Phi) is 33.5. The van der Waals surface area contributed by atoms with Crippen LogP contribution in [0.4, 0.5) is 0 Å². The van der Waals surface area contributed by atoms with Gasteiger partial charge in [-0.25, -0.2) is 0 Å². The van der Waals surface area contributed by atoms with Crippen molar-refractivity contribution in [1.82, 2.24) is 0 Å². The molecule has 0 saturated heterocycles. The molecular weight excluding hydrogens is 705 g/mol. The number of Topliss-reactive ketones (excluding diaryl/α,β-unsaturated/α-hetero) is 1. The molecule has 8 heteroatoms. The molecule has 0 aromatic heterocycles. The first kappa shape index (κ1) is 52.0. The molecule has 1 rings (SSSR count). The zero-order valence-corrected chi connectivity index (χ0v) is 36.3. The number of esters is 2. The summed E-state index contributed by atoms with van der Waals surface area (Å²) >= 11 is 0. The van der Waals surface area contributed by atoms with Crippen molar-refractivity contribution >= 4 is 17.7 Å². The number of allylic oxidation sites excluding steroid dienone is 3. The number of hydrogen-bond acceptors (Lipinski definition) is 8. The molecule has 0 aliphatic heterocycles. The first-order valence-electron chi connectivity index (χ1n) is 23.4. The fourth-order valence-corrected chi connectivity index (χ4v) is 7.57. The fraction of sp³-hybridized carbons (Fsp3) is 0.854. The predicted molar refractivity (Wildman–Crippen MR) is 229 cm³/mol. The van der Waals surface area contributed by atoms with Gasteiger partial charge >= 0.3 is 11.9 Å². The molecule has 0 radical (unpaired) electrons. The average molecular weight is 791 g/mol. The van der Waals surface area contributed by atoms with E-state index in [1.807, 2.05) is 12.2 Å². The number of hydrogen-bond donors (Lipinski definition) is 3. The first-order chi connectivity index (χ1) is 27.2. The molecule has 0 heterocycles. The molecule has 0 aromatic rings. The molecule has 1 unspecified atom stereocenters. The zero-order valence-electron chi connectivity index (χ0n) is 36.3. The number of aliphatic hydroxyl groups is 3. The maximum Gasteiger partial charge on any atom is 0.305 e. The molecule has 0 spiro atoms. The van der Waals surface area contributed by atoms with E-state index in [1.165, 1.54) is 109 Å². The van der Waals surface area contributed by atoms with E-state index in [0.717, 1.165) is 44.4 Å². The molecule has 0 bridgehead atoms. The van der Waals surface area contributed by atoms with Gasteiger partial charge in [-0.2, -0.15) is 0 Å². The summed E-state index contributed by atoms with van der Waals surface area (Å²) in [5.74, 6) is -0.450. The van der Waals surface area contributed by atoms with Crippen LogP contribution in [0.25, 0.3) is 0 Å². The van der Waals surface area contributed by atoms with Crippen LogP contribution in [0.2, 0.25) is 0 Å². The van der Waals surface area contributed by atoms with Gasteiger partial charge in [-0.1, -0.05) is 186 Å². The molecule has 3 N–H and O–H groups in total. The minimum absolute atomic E-state index is 0.00339. The summed E-state index contributed by atoms with van der Waals surface area (Å²) in [6.45, 7) is 6.39. The Hall–Kier alpha value is -2.03. The predicted octanol–water partition coefficient (Wildman–Crippen LogP) is 11.5. The standard InChI is InChI=1S/C48H86O8/c1-4-6-25-31-41(49)35-36-44-43(45(51)37-46(44)52)32-27-23-24-29-34-48(54)56-39-42(50)38-55-47(53)33-28-22-20-18-16-14-12-10-8-7-9-11-13-15-17-19-21-26-30-40(3)5-2/h23,27,35-36,40-45,49-51H,4-22,24-26,28-34,37-39H2,1-3H3/b27-23-,36-35+/t40?,41-,42-,43+,44+,45-/m0/s1. The van der Waals surface area contributed by atoms with Crippen molar-refractivity contribution in [2.75, 3.05) is 13.2 Å². The van der Waals surface area contributed by atoms with E-state index < -0.39 is 30.2 Å². The summed E-state index contributed by atoms with van der Waals surface area (Å²) in [7, 11) is 0. The quantitative estimate of drug-likeness (QED) is 0.0320. The Labute approximate surface area is 343 Å². The number of ketones is 1. The van der Waals surface area contributed by atoms with Crippen molar-refractivity contribution in [2.24, 2.45) is 17.8 Å². The van der Waals surface area contributed by atoms with Gasteiger partial charge in [0.15, 0.2) is 0 Å². The average Bonchev–Trinajstić information content (AvgIpc) is 3.46. The van der Waals surface area contributed by atoms with Crippen LogP contribution >= 0.6 is 0 Å². The third kappa shape index (κ3) is 29.2. The van der Waals surface area contributed by atoms with Crippen molar-refractivity contribution in [3.8, 4) is 0 Å². The normalized spacial score (nSPS) is 18.9. The topological polar surface area (TPSA) is 130 Å². The van der Waals surface area contributed by atoms with Gasteiger partial charge in [0, 0.05) is 31.1 Å². The van der Waals surface area contributed by atoms with Crippen LogP contribution in [0, 0.1) is 17.8 Å². The molecule has 1 fully saturated rings. The second-order valence-corrected chi connectivity index (χ2v) is 16.9. The summed E-state index contributed by atoms with van der Waals surface area (Å²) < 4.78 is 10.3. The van der Waals surface area contributed by atoms with Crippen LogP contribution in [0.1, 0.15) is 213 Å². The lowest BCUT2D eigenvalue weighted by Crippen LogP contribution is -2.25. The molecule has 1 saturated carbocycles. The number of carbonyl (C=O) groups is 3. The number of aliphatic hydroxyl groups excluding tert-OH is 3. The van der Waals surface area contributed by atoms with Gasteiger partial charge in [0.2, 0.25) is 0 Å². The van der Waals surface area contributed by atoms with Gasteiger partial charge in [-0.3, -0.25) is 14.4 Å². The molecule has 326 valence electrons. The van der Waals surface area contributed by atoms with Gasteiger partial charge in [-0.05, 0) is 38.0 Å². The Morgan fingerprint density at radius 3 is 1.68 bits per heavy atom. The highest BCUT2D eigenvalue weighted by atomic mass is 16.6. The molecule has 1 aliphatic carbocycles. The highest BCUT2D eigenvalue weighted by Crippen LogP contribution is 2.33. The van der Waals surface area contributed by atoms with Gasteiger partial charge < -0.3 is 24.8 Å². The molecule has 0 amide bonds. The number of carbonyl (C=O) groups excluding carboxylic acids is 3. The monoisotopic (exact) mass is 791 g/mol. The zero-order chi connectivity index (χ0) is 41.1. The van der Waals surface area contributed by atoms with Crippen LogP contribution in [0.3, 0.4) is 0 Å². The highest BCUT2D eigenvalue weighted by Gasteiger charge is 2.39. The summed E-state index contributed by atoms with van der Waals surface area (Å²) in [5, 5.41) is 30.7. The van der Waals surface area contributed by atoms with E-state index >= 15 is 0 Å². The number of ether oxygens (including phenoxy) is 2. The van der Waals surface area contributed by atoms with E-state index in [-0.39, 0.29) is 43.7 Å². The van der Waals surface area contributed by atoms with Crippen LogP contribution < -0.4 is 0 Å². The number of rotatable bonds is 38. The molecule has 56 heavy (non-hydrogen) atoms. The Balaban J connectivity index is 1.95. The second-order valence-electron chi connectivity index (χ2n) is 16.9. The summed E-state index contributed by atoms with van der Waals surface area (Å²) in [5.41, 5.74) is 0. The maximum atomic E-state index is 12.4. The largest absolute Gasteiger partial charge is 0.463 e. The van der Waals surface area contributed by atoms with Crippen molar-refractivity contribution < 1.29 is 39.2 Å². The van der Waals surface area contributed by atoms with Crippen molar-refractivity contribution in [3.63, 3.8) is 0 Å². The highest BCUT2D eigenvalue weighted by molar-refractivity contribution is 5.86. The minimum atomic E-state index is -1.05. The summed E-state index contributed by atoms with van der Waals surface area (Å²) in [6.07, 6.45) is 37.5. The van der Waals surface area contributed by atoms with Gasteiger partial charge in [0.25, 0.3) is 0 Å². The van der Waals surface area contributed by atoms with Gasteiger partial charge in [0.1, 0.15) is 25.1 Å². The Morgan fingerprint density at radius 1 is 0.679 bits per heavy atom. The lowest BCUT2D eigenvalue weighted by atomic mass is 9.90. The van der Waals surface area contributed by atoms with Crippen LogP contribution in [-0.4, -0.2) is 64.6 Å². The van der Waals surface area contributed by atoms with Gasteiger partial charge in [-0.15, -0.1) is 0 Å². The second kappa shape index (κ2) is 36.1. The molecule has 6 atom stereocenters. The minimum Gasteiger partial charge on any atom is -0.463 e. The van der Waals surface area contributed by atoms with E-state index in [9.17, 15) is 29.7 Å². The lowest BCUT2D eigenvalue weighted by Gasteiger charge is -2.17. The van der Waals surface area contributed by atoms with Crippen LogP contribution in [0.15, 0.2) is 24.3 Å². The van der Waals surface area contributed by atoms with E-state index in [1.54, 1.807) is 12.2 Å². The maximum absolute atomic E-state index is 12.4. The molecule has 0 aromatic carbocycles. The van der Waals surface area contributed by atoms with Crippen molar-refractivity contribution in [2.45, 2.75) is 232 Å². The third-order valence-electron chi connectivity index (χ3n) is 11.6.